The highest BCUT2D eigenvalue weighted by Gasteiger charge is 1.88. The molecule has 1 rings (SSSR count). The zero-order valence-corrected chi connectivity index (χ0v) is 8.00. The van der Waals surface area contributed by atoms with Gasteiger partial charge in [0.15, 0.2) is 0 Å². The van der Waals surface area contributed by atoms with Gasteiger partial charge in [0.05, 0.1) is 0 Å². The number of allylic oxidation sites excluding steroid dienone is 2. The van der Waals surface area contributed by atoms with Gasteiger partial charge in [0.2, 0.25) is 0 Å². The normalized spacial score (nSPS) is 10.5. The fraction of sp³-hybridized carbons (Fsp3) is 0.182. The summed E-state index contributed by atoms with van der Waals surface area (Å²) in [6.07, 6.45) is 6.08. The molecule has 0 heterocycles. The summed E-state index contributed by atoms with van der Waals surface area (Å²) in [5.41, 5.74) is 1.20. The van der Waals surface area contributed by atoms with E-state index in [0.29, 0.717) is 6.42 Å². The molecule has 1 aromatic rings. The molecule has 0 aromatic heterocycles. The lowest BCUT2D eigenvalue weighted by molar-refractivity contribution is -0.107. The van der Waals surface area contributed by atoms with Crippen molar-refractivity contribution >= 4 is 17.9 Å². The Balaban J connectivity index is 2.45. The summed E-state index contributed by atoms with van der Waals surface area (Å²) in [5, 5.41) is 0.751. The zero-order valence-electron chi connectivity index (χ0n) is 7.24. The predicted molar refractivity (Wildman–Crippen MR) is 55.0 cm³/mol. The summed E-state index contributed by atoms with van der Waals surface area (Å²) >= 11 is 5.73. The van der Waals surface area contributed by atoms with Crippen LogP contribution in [-0.4, -0.2) is 6.29 Å². The van der Waals surface area contributed by atoms with Crippen molar-refractivity contribution in [3.8, 4) is 0 Å². The lowest BCUT2D eigenvalue weighted by Gasteiger charge is -1.95. The summed E-state index contributed by atoms with van der Waals surface area (Å²) in [4.78, 5) is 9.99. The summed E-state index contributed by atoms with van der Waals surface area (Å²) in [5.74, 6) is 0. The van der Waals surface area contributed by atoms with Gasteiger partial charge in [-0.25, -0.2) is 0 Å². The van der Waals surface area contributed by atoms with E-state index in [9.17, 15) is 4.79 Å². The molecule has 68 valence electrons. The third kappa shape index (κ3) is 3.90. The first-order chi connectivity index (χ1) is 6.33. The van der Waals surface area contributed by atoms with E-state index in [0.717, 1.165) is 17.7 Å². The molecule has 0 amide bonds. The van der Waals surface area contributed by atoms with E-state index in [2.05, 4.69) is 0 Å². The molecular formula is C11H11ClO. The van der Waals surface area contributed by atoms with E-state index >= 15 is 0 Å². The molecule has 0 spiro atoms. The van der Waals surface area contributed by atoms with E-state index < -0.39 is 0 Å². The van der Waals surface area contributed by atoms with Gasteiger partial charge in [-0.3, -0.25) is 0 Å². The third-order valence-electron chi connectivity index (χ3n) is 1.67. The van der Waals surface area contributed by atoms with Crippen LogP contribution in [0, 0.1) is 0 Å². The second kappa shape index (κ2) is 5.55. The van der Waals surface area contributed by atoms with Gasteiger partial charge in [-0.1, -0.05) is 35.9 Å². The minimum Gasteiger partial charge on any atom is -0.303 e. The van der Waals surface area contributed by atoms with Crippen LogP contribution in [0.15, 0.2) is 36.4 Å². The highest BCUT2D eigenvalue weighted by atomic mass is 35.5. The largest absolute Gasteiger partial charge is 0.303 e. The number of aldehydes is 1. The van der Waals surface area contributed by atoms with Gasteiger partial charge in [-0.05, 0) is 24.1 Å². The molecule has 1 aromatic carbocycles. The summed E-state index contributed by atoms with van der Waals surface area (Å²) < 4.78 is 0. The number of hydrogen-bond acceptors (Lipinski definition) is 1. The van der Waals surface area contributed by atoms with Crippen LogP contribution in [0.3, 0.4) is 0 Å². The van der Waals surface area contributed by atoms with Crippen LogP contribution in [0.4, 0.5) is 0 Å². The lowest BCUT2D eigenvalue weighted by Crippen LogP contribution is -1.79. The lowest BCUT2D eigenvalue weighted by atomic mass is 10.1. The second-order valence-electron chi connectivity index (χ2n) is 2.70. The Labute approximate surface area is 83.0 Å². The molecule has 0 aliphatic carbocycles. The van der Waals surface area contributed by atoms with Gasteiger partial charge in [-0.2, -0.15) is 0 Å². The molecule has 1 nitrogen and oxygen atoms in total. The van der Waals surface area contributed by atoms with Gasteiger partial charge in [0, 0.05) is 11.4 Å². The Kier molecular flexibility index (Phi) is 4.27. The molecule has 2 heteroatoms. The average molecular weight is 195 g/mol. The van der Waals surface area contributed by atoms with Gasteiger partial charge >= 0.3 is 0 Å². The van der Waals surface area contributed by atoms with E-state index in [1.54, 1.807) is 0 Å². The van der Waals surface area contributed by atoms with Crippen molar-refractivity contribution in [2.75, 3.05) is 0 Å². The SMILES string of the molecule is O=CC/C=C\Cc1ccc(Cl)cc1. The average Bonchev–Trinajstić information content (AvgIpc) is 2.15. The summed E-state index contributed by atoms with van der Waals surface area (Å²) in [6, 6.07) is 7.69. The first-order valence-electron chi connectivity index (χ1n) is 4.16. The molecule has 0 fully saturated rings. The standard InChI is InChI=1S/C11H11ClO/c12-11-7-5-10(6-8-11)4-2-1-3-9-13/h1-2,5-9H,3-4H2/b2-1-. The second-order valence-corrected chi connectivity index (χ2v) is 3.14. The number of carbonyl (C=O) groups excluding carboxylic acids is 1. The van der Waals surface area contributed by atoms with E-state index in [1.807, 2.05) is 36.4 Å². The van der Waals surface area contributed by atoms with Crippen molar-refractivity contribution in [3.63, 3.8) is 0 Å². The van der Waals surface area contributed by atoms with Gasteiger partial charge < -0.3 is 4.79 Å². The number of rotatable bonds is 4. The first-order valence-corrected chi connectivity index (χ1v) is 4.54. The third-order valence-corrected chi connectivity index (χ3v) is 1.92. The van der Waals surface area contributed by atoms with Crippen molar-refractivity contribution in [1.29, 1.82) is 0 Å². The van der Waals surface area contributed by atoms with Crippen LogP contribution in [0.5, 0.6) is 0 Å². The summed E-state index contributed by atoms with van der Waals surface area (Å²) in [7, 11) is 0. The molecular weight excluding hydrogens is 184 g/mol. The molecule has 0 saturated heterocycles. The van der Waals surface area contributed by atoms with Crippen molar-refractivity contribution in [2.45, 2.75) is 12.8 Å². The molecule has 0 aliphatic heterocycles. The molecule has 0 unspecified atom stereocenters. The quantitative estimate of drug-likeness (QED) is 0.532. The Morgan fingerprint density at radius 2 is 1.85 bits per heavy atom. The Bertz CT molecular complexity index is 287. The fourth-order valence-electron chi connectivity index (χ4n) is 0.992. The van der Waals surface area contributed by atoms with Gasteiger partial charge in [0.1, 0.15) is 6.29 Å². The first kappa shape index (κ1) is 10.0. The highest BCUT2D eigenvalue weighted by molar-refractivity contribution is 6.30. The van der Waals surface area contributed by atoms with Crippen LogP contribution < -0.4 is 0 Å². The minimum atomic E-state index is 0.494. The molecule has 0 aliphatic rings. The molecule has 13 heavy (non-hydrogen) atoms. The fourth-order valence-corrected chi connectivity index (χ4v) is 1.12. The van der Waals surface area contributed by atoms with E-state index in [1.165, 1.54) is 5.56 Å². The zero-order chi connectivity index (χ0) is 9.52. The molecule has 0 atom stereocenters. The number of hydrogen-bond donors (Lipinski definition) is 0. The van der Waals surface area contributed by atoms with Crippen molar-refractivity contribution in [2.24, 2.45) is 0 Å². The van der Waals surface area contributed by atoms with Crippen molar-refractivity contribution in [3.05, 3.63) is 47.0 Å². The summed E-state index contributed by atoms with van der Waals surface area (Å²) in [6.45, 7) is 0. The maximum atomic E-state index is 9.99. The maximum absolute atomic E-state index is 9.99. The molecule has 0 saturated carbocycles. The Morgan fingerprint density at radius 1 is 1.15 bits per heavy atom. The molecule has 0 N–H and O–H groups in total. The van der Waals surface area contributed by atoms with Crippen LogP contribution in [0.2, 0.25) is 5.02 Å². The topological polar surface area (TPSA) is 17.1 Å². The Hall–Kier alpha value is -1.08. The van der Waals surface area contributed by atoms with Crippen LogP contribution in [0.1, 0.15) is 12.0 Å². The van der Waals surface area contributed by atoms with Crippen LogP contribution in [0.25, 0.3) is 0 Å². The van der Waals surface area contributed by atoms with E-state index in [-0.39, 0.29) is 0 Å². The molecule has 0 radical (unpaired) electrons. The van der Waals surface area contributed by atoms with E-state index in [4.69, 9.17) is 11.6 Å². The monoisotopic (exact) mass is 194 g/mol. The molecule has 0 bridgehead atoms. The Morgan fingerprint density at radius 3 is 2.46 bits per heavy atom. The van der Waals surface area contributed by atoms with Crippen LogP contribution in [-0.2, 0) is 11.2 Å². The minimum absolute atomic E-state index is 0.494. The maximum Gasteiger partial charge on any atom is 0.123 e. The van der Waals surface area contributed by atoms with Crippen molar-refractivity contribution < 1.29 is 4.79 Å². The highest BCUT2D eigenvalue weighted by Crippen LogP contribution is 2.10. The van der Waals surface area contributed by atoms with Gasteiger partial charge in [-0.15, -0.1) is 0 Å². The number of carbonyl (C=O) groups is 1. The number of benzene rings is 1. The predicted octanol–water partition coefficient (Wildman–Crippen LogP) is 3.03. The van der Waals surface area contributed by atoms with Crippen molar-refractivity contribution in [1.82, 2.24) is 0 Å². The van der Waals surface area contributed by atoms with Gasteiger partial charge in [0.25, 0.3) is 0 Å². The number of halogens is 1. The smallest absolute Gasteiger partial charge is 0.123 e. The van der Waals surface area contributed by atoms with Crippen LogP contribution >= 0.6 is 11.6 Å².